The van der Waals surface area contributed by atoms with Gasteiger partial charge in [0, 0.05) is 18.3 Å². The van der Waals surface area contributed by atoms with Crippen molar-refractivity contribution in [2.45, 2.75) is 26.0 Å². The highest BCUT2D eigenvalue weighted by Gasteiger charge is 2.33. The Morgan fingerprint density at radius 1 is 1.53 bits per heavy atom. The molecular formula is C12H17FN2O2. The first-order valence-electron chi connectivity index (χ1n) is 5.80. The Hall–Kier alpha value is -1.20. The Kier molecular flexibility index (Phi) is 3.59. The van der Waals surface area contributed by atoms with Crippen LogP contribution in [0.25, 0.3) is 0 Å². The molecule has 0 bridgehead atoms. The quantitative estimate of drug-likeness (QED) is 0.825. The minimum atomic E-state index is -0.484. The first-order valence-corrected chi connectivity index (χ1v) is 5.80. The smallest absolute Gasteiger partial charge is 0.171 e. The van der Waals surface area contributed by atoms with Crippen molar-refractivity contribution in [3.05, 3.63) is 23.6 Å². The Morgan fingerprint density at radius 3 is 2.94 bits per heavy atom. The molecule has 0 radical (unpaired) electrons. The second kappa shape index (κ2) is 4.98. The normalized spacial score (nSPS) is 24.4. The summed E-state index contributed by atoms with van der Waals surface area (Å²) in [5.41, 5.74) is 0.242. The van der Waals surface area contributed by atoms with E-state index in [-0.39, 0.29) is 30.6 Å². The summed E-state index contributed by atoms with van der Waals surface area (Å²) < 4.78 is 14.0. The van der Waals surface area contributed by atoms with Crippen molar-refractivity contribution < 1.29 is 14.6 Å². The number of hydrogen-bond donors (Lipinski definition) is 2. The first kappa shape index (κ1) is 12.3. The number of halogens is 1. The van der Waals surface area contributed by atoms with Crippen molar-refractivity contribution in [3.8, 4) is 0 Å². The summed E-state index contributed by atoms with van der Waals surface area (Å²) in [6, 6.07) is 1.37. The van der Waals surface area contributed by atoms with Gasteiger partial charge in [-0.05, 0) is 18.4 Å². The van der Waals surface area contributed by atoms with Crippen molar-refractivity contribution in [1.29, 1.82) is 0 Å². The third kappa shape index (κ3) is 2.12. The average molecular weight is 240 g/mol. The second-order valence-electron chi connectivity index (χ2n) is 4.48. The van der Waals surface area contributed by atoms with Gasteiger partial charge in [-0.25, -0.2) is 9.37 Å². The van der Waals surface area contributed by atoms with Crippen LogP contribution in [0.2, 0.25) is 0 Å². The fourth-order valence-electron chi connectivity index (χ4n) is 2.34. The number of nitrogens with zero attached hydrogens (tertiary/aromatic N) is 2. The molecular weight excluding hydrogens is 223 g/mol. The molecule has 1 aliphatic heterocycles. The van der Waals surface area contributed by atoms with Crippen molar-refractivity contribution in [2.75, 3.05) is 18.1 Å². The van der Waals surface area contributed by atoms with Gasteiger partial charge in [0.25, 0.3) is 0 Å². The van der Waals surface area contributed by atoms with Crippen LogP contribution < -0.4 is 4.90 Å². The zero-order valence-corrected chi connectivity index (χ0v) is 9.80. The Labute approximate surface area is 99.7 Å². The van der Waals surface area contributed by atoms with Crippen molar-refractivity contribution in [1.82, 2.24) is 4.98 Å². The fourth-order valence-corrected chi connectivity index (χ4v) is 2.34. The standard InChI is InChI=1S/C12H17FN2O2/c1-8-3-5-15(10(8)7-17)12-11(13)9(6-16)2-4-14-12/h2,4,8,10,16-17H,3,5-7H2,1H3. The van der Waals surface area contributed by atoms with Gasteiger partial charge in [0.15, 0.2) is 11.6 Å². The number of anilines is 1. The molecule has 0 aromatic carbocycles. The van der Waals surface area contributed by atoms with Crippen molar-refractivity contribution in [2.24, 2.45) is 5.92 Å². The maximum Gasteiger partial charge on any atom is 0.171 e. The van der Waals surface area contributed by atoms with Crippen molar-refractivity contribution >= 4 is 5.82 Å². The summed E-state index contributed by atoms with van der Waals surface area (Å²) in [5.74, 6) is 0.0708. The minimum Gasteiger partial charge on any atom is -0.394 e. The summed E-state index contributed by atoms with van der Waals surface area (Å²) in [4.78, 5) is 5.82. The summed E-state index contributed by atoms with van der Waals surface area (Å²) in [6.07, 6.45) is 2.40. The number of hydrogen-bond acceptors (Lipinski definition) is 4. The Bertz CT molecular complexity index is 400. The van der Waals surface area contributed by atoms with Crippen LogP contribution in [0.5, 0.6) is 0 Å². The molecule has 1 saturated heterocycles. The predicted molar refractivity (Wildman–Crippen MR) is 62.1 cm³/mol. The molecule has 2 atom stereocenters. The van der Waals surface area contributed by atoms with Gasteiger partial charge >= 0.3 is 0 Å². The second-order valence-corrected chi connectivity index (χ2v) is 4.48. The van der Waals surface area contributed by atoms with Crippen LogP contribution in [0.1, 0.15) is 18.9 Å². The molecule has 1 aromatic rings. The molecule has 1 aromatic heterocycles. The molecule has 94 valence electrons. The molecule has 2 N–H and O–H groups in total. The molecule has 0 aliphatic carbocycles. The zero-order chi connectivity index (χ0) is 12.4. The van der Waals surface area contributed by atoms with E-state index in [9.17, 15) is 9.50 Å². The highest BCUT2D eigenvalue weighted by molar-refractivity contribution is 5.45. The van der Waals surface area contributed by atoms with Crippen LogP contribution in [-0.4, -0.2) is 34.4 Å². The predicted octanol–water partition coefficient (Wildman–Crippen LogP) is 0.920. The summed E-state index contributed by atoms with van der Waals surface area (Å²) in [7, 11) is 0. The lowest BCUT2D eigenvalue weighted by Crippen LogP contribution is -2.36. The van der Waals surface area contributed by atoms with Crippen LogP contribution in [-0.2, 0) is 6.61 Å². The summed E-state index contributed by atoms with van der Waals surface area (Å²) >= 11 is 0. The first-order chi connectivity index (χ1) is 8.19. The molecule has 2 rings (SSSR count). The number of aromatic nitrogens is 1. The molecule has 1 fully saturated rings. The van der Waals surface area contributed by atoms with E-state index in [1.807, 2.05) is 6.92 Å². The van der Waals surface area contributed by atoms with Gasteiger partial charge in [-0.1, -0.05) is 6.92 Å². The molecule has 5 heteroatoms. The maximum absolute atomic E-state index is 14.0. The molecule has 0 amide bonds. The minimum absolute atomic E-state index is 0.00829. The van der Waals surface area contributed by atoms with E-state index >= 15 is 0 Å². The van der Waals surface area contributed by atoms with Gasteiger partial charge in [-0.3, -0.25) is 0 Å². The van der Waals surface area contributed by atoms with E-state index in [1.54, 1.807) is 4.90 Å². The molecule has 4 nitrogen and oxygen atoms in total. The molecule has 1 aliphatic rings. The van der Waals surface area contributed by atoms with Crippen LogP contribution in [0, 0.1) is 11.7 Å². The van der Waals surface area contributed by atoms with E-state index in [0.717, 1.165) is 6.42 Å². The number of rotatable bonds is 3. The number of aliphatic hydroxyl groups excluding tert-OH is 2. The van der Waals surface area contributed by atoms with Crippen LogP contribution in [0.4, 0.5) is 10.2 Å². The molecule has 17 heavy (non-hydrogen) atoms. The Balaban J connectivity index is 2.34. The highest BCUT2D eigenvalue weighted by atomic mass is 19.1. The van der Waals surface area contributed by atoms with E-state index < -0.39 is 5.82 Å². The van der Waals surface area contributed by atoms with Gasteiger partial charge in [-0.15, -0.1) is 0 Å². The summed E-state index contributed by atoms with van der Waals surface area (Å²) in [5, 5.41) is 18.4. The lowest BCUT2D eigenvalue weighted by atomic mass is 10.0. The van der Waals surface area contributed by atoms with Crippen LogP contribution >= 0.6 is 0 Å². The molecule has 2 heterocycles. The molecule has 0 spiro atoms. The maximum atomic E-state index is 14.0. The van der Waals surface area contributed by atoms with E-state index in [4.69, 9.17) is 5.11 Å². The van der Waals surface area contributed by atoms with Gasteiger partial charge < -0.3 is 15.1 Å². The zero-order valence-electron chi connectivity index (χ0n) is 9.80. The van der Waals surface area contributed by atoms with Gasteiger partial charge in [0.1, 0.15) is 0 Å². The van der Waals surface area contributed by atoms with E-state index in [0.29, 0.717) is 12.5 Å². The monoisotopic (exact) mass is 240 g/mol. The molecule has 2 unspecified atom stereocenters. The van der Waals surface area contributed by atoms with Crippen LogP contribution in [0.15, 0.2) is 12.3 Å². The third-order valence-electron chi connectivity index (χ3n) is 3.46. The van der Waals surface area contributed by atoms with Crippen LogP contribution in [0.3, 0.4) is 0 Å². The highest BCUT2D eigenvalue weighted by Crippen LogP contribution is 2.30. The summed E-state index contributed by atoms with van der Waals surface area (Å²) in [6.45, 7) is 2.38. The average Bonchev–Trinajstić information content (AvgIpc) is 2.70. The third-order valence-corrected chi connectivity index (χ3v) is 3.46. The number of pyridine rings is 1. The van der Waals surface area contributed by atoms with E-state index in [2.05, 4.69) is 4.98 Å². The fraction of sp³-hybridized carbons (Fsp3) is 0.583. The number of aliphatic hydroxyl groups is 2. The van der Waals surface area contributed by atoms with Gasteiger partial charge in [0.05, 0.1) is 19.3 Å². The van der Waals surface area contributed by atoms with Gasteiger partial charge in [0.2, 0.25) is 0 Å². The topological polar surface area (TPSA) is 56.6 Å². The van der Waals surface area contributed by atoms with Crippen molar-refractivity contribution in [3.63, 3.8) is 0 Å². The SMILES string of the molecule is CC1CCN(c2nccc(CO)c2F)C1CO. The lowest BCUT2D eigenvalue weighted by Gasteiger charge is -2.26. The largest absolute Gasteiger partial charge is 0.394 e. The van der Waals surface area contributed by atoms with E-state index in [1.165, 1.54) is 12.3 Å². The Morgan fingerprint density at radius 2 is 2.29 bits per heavy atom. The lowest BCUT2D eigenvalue weighted by molar-refractivity contribution is 0.243. The molecule has 0 saturated carbocycles. The van der Waals surface area contributed by atoms with Gasteiger partial charge in [-0.2, -0.15) is 0 Å².